The molecule has 0 aliphatic rings. The summed E-state index contributed by atoms with van der Waals surface area (Å²) in [5.41, 5.74) is 1.14. The van der Waals surface area contributed by atoms with E-state index < -0.39 is 0 Å². The molecule has 0 saturated heterocycles. The molecule has 0 aliphatic heterocycles. The van der Waals surface area contributed by atoms with Crippen LogP contribution in [0.3, 0.4) is 0 Å². The van der Waals surface area contributed by atoms with Crippen LogP contribution in [0.15, 0.2) is 47.5 Å². The number of hydrogen-bond acceptors (Lipinski definition) is 3. The SMILES string of the molecule is O=c1[nH]ccnc1NCCCc1ccccc1. The summed E-state index contributed by atoms with van der Waals surface area (Å²) in [5, 5.41) is 3.03. The van der Waals surface area contributed by atoms with Gasteiger partial charge in [0.15, 0.2) is 5.82 Å². The van der Waals surface area contributed by atoms with Crippen molar-refractivity contribution in [1.82, 2.24) is 9.97 Å². The van der Waals surface area contributed by atoms with Crippen molar-refractivity contribution in [1.29, 1.82) is 0 Å². The Morgan fingerprint density at radius 1 is 1.24 bits per heavy atom. The molecule has 0 aliphatic carbocycles. The second-order valence-electron chi connectivity index (χ2n) is 3.78. The van der Waals surface area contributed by atoms with E-state index >= 15 is 0 Å². The maximum absolute atomic E-state index is 11.3. The lowest BCUT2D eigenvalue weighted by atomic mass is 10.1. The first-order valence-corrected chi connectivity index (χ1v) is 5.68. The summed E-state index contributed by atoms with van der Waals surface area (Å²) in [6.07, 6.45) is 5.07. The van der Waals surface area contributed by atoms with E-state index in [2.05, 4.69) is 27.4 Å². The van der Waals surface area contributed by atoms with Crippen LogP contribution in [0, 0.1) is 0 Å². The molecule has 0 saturated carbocycles. The van der Waals surface area contributed by atoms with Gasteiger partial charge in [-0.15, -0.1) is 0 Å². The molecule has 0 bridgehead atoms. The van der Waals surface area contributed by atoms with Gasteiger partial charge in [0.25, 0.3) is 5.56 Å². The monoisotopic (exact) mass is 229 g/mol. The van der Waals surface area contributed by atoms with Gasteiger partial charge < -0.3 is 10.3 Å². The third kappa shape index (κ3) is 3.45. The van der Waals surface area contributed by atoms with Crippen molar-refractivity contribution in [2.45, 2.75) is 12.8 Å². The molecular formula is C13H15N3O. The lowest BCUT2D eigenvalue weighted by Crippen LogP contribution is -2.16. The summed E-state index contributed by atoms with van der Waals surface area (Å²) in [7, 11) is 0. The molecule has 17 heavy (non-hydrogen) atoms. The maximum atomic E-state index is 11.3. The van der Waals surface area contributed by atoms with Crippen molar-refractivity contribution in [3.8, 4) is 0 Å². The number of H-pyrrole nitrogens is 1. The first kappa shape index (κ1) is 11.4. The van der Waals surface area contributed by atoms with Gasteiger partial charge >= 0.3 is 0 Å². The second-order valence-corrected chi connectivity index (χ2v) is 3.78. The largest absolute Gasteiger partial charge is 0.365 e. The fourth-order valence-corrected chi connectivity index (χ4v) is 1.62. The number of nitrogens with one attached hydrogen (secondary N) is 2. The third-order valence-electron chi connectivity index (χ3n) is 2.49. The van der Waals surface area contributed by atoms with E-state index in [-0.39, 0.29) is 5.56 Å². The predicted octanol–water partition coefficient (Wildman–Crippen LogP) is 1.81. The van der Waals surface area contributed by atoms with Crippen molar-refractivity contribution < 1.29 is 0 Å². The Balaban J connectivity index is 1.78. The number of hydrogen-bond donors (Lipinski definition) is 2. The molecule has 0 spiro atoms. The van der Waals surface area contributed by atoms with Gasteiger partial charge in [-0.2, -0.15) is 0 Å². The van der Waals surface area contributed by atoms with E-state index in [1.54, 1.807) is 6.20 Å². The second kappa shape index (κ2) is 5.84. The Morgan fingerprint density at radius 3 is 2.82 bits per heavy atom. The minimum absolute atomic E-state index is 0.174. The number of aryl methyl sites for hydroxylation is 1. The molecule has 88 valence electrons. The highest BCUT2D eigenvalue weighted by Gasteiger charge is 1.98. The zero-order valence-corrected chi connectivity index (χ0v) is 9.52. The van der Waals surface area contributed by atoms with Crippen molar-refractivity contribution in [3.63, 3.8) is 0 Å². The number of aromatic nitrogens is 2. The highest BCUT2D eigenvalue weighted by molar-refractivity contribution is 5.29. The molecule has 0 amide bonds. The molecular weight excluding hydrogens is 214 g/mol. The fourth-order valence-electron chi connectivity index (χ4n) is 1.62. The normalized spacial score (nSPS) is 10.1. The van der Waals surface area contributed by atoms with Crippen molar-refractivity contribution >= 4 is 5.82 Å². The predicted molar refractivity (Wildman–Crippen MR) is 68.1 cm³/mol. The lowest BCUT2D eigenvalue weighted by molar-refractivity contribution is 0.855. The maximum Gasteiger partial charge on any atom is 0.290 e. The zero-order valence-electron chi connectivity index (χ0n) is 9.52. The van der Waals surface area contributed by atoms with Crippen LogP contribution in [0.4, 0.5) is 5.82 Å². The van der Waals surface area contributed by atoms with Gasteiger partial charge in [-0.25, -0.2) is 4.98 Å². The first-order chi connectivity index (χ1) is 8.36. The number of aromatic amines is 1. The highest BCUT2D eigenvalue weighted by Crippen LogP contribution is 2.02. The summed E-state index contributed by atoms with van der Waals surface area (Å²) < 4.78 is 0. The van der Waals surface area contributed by atoms with Crippen LogP contribution >= 0.6 is 0 Å². The minimum atomic E-state index is -0.174. The summed E-state index contributed by atoms with van der Waals surface area (Å²) in [6.45, 7) is 0.745. The summed E-state index contributed by atoms with van der Waals surface area (Å²) in [4.78, 5) is 17.8. The van der Waals surface area contributed by atoms with E-state index in [0.717, 1.165) is 19.4 Å². The summed E-state index contributed by atoms with van der Waals surface area (Å²) >= 11 is 0. The number of nitrogens with zero attached hydrogens (tertiary/aromatic N) is 1. The van der Waals surface area contributed by atoms with Crippen LogP contribution in [0.2, 0.25) is 0 Å². The molecule has 0 radical (unpaired) electrons. The summed E-state index contributed by atoms with van der Waals surface area (Å²) in [5.74, 6) is 0.389. The van der Waals surface area contributed by atoms with Crippen molar-refractivity contribution in [2.24, 2.45) is 0 Å². The summed E-state index contributed by atoms with van der Waals surface area (Å²) in [6, 6.07) is 10.3. The minimum Gasteiger partial charge on any atom is -0.365 e. The van der Waals surface area contributed by atoms with Gasteiger partial charge in [0.2, 0.25) is 0 Å². The molecule has 1 aromatic heterocycles. The molecule has 1 heterocycles. The van der Waals surface area contributed by atoms with Crippen LogP contribution in [0.5, 0.6) is 0 Å². The van der Waals surface area contributed by atoms with Crippen LogP contribution in [0.1, 0.15) is 12.0 Å². The molecule has 4 heteroatoms. The van der Waals surface area contributed by atoms with Gasteiger partial charge in [0, 0.05) is 18.9 Å². The first-order valence-electron chi connectivity index (χ1n) is 5.68. The van der Waals surface area contributed by atoms with Gasteiger partial charge in [-0.05, 0) is 18.4 Å². The van der Waals surface area contributed by atoms with Crippen LogP contribution in [-0.2, 0) is 6.42 Å². The zero-order chi connectivity index (χ0) is 11.9. The van der Waals surface area contributed by atoms with Crippen LogP contribution in [0.25, 0.3) is 0 Å². The fraction of sp³-hybridized carbons (Fsp3) is 0.231. The molecule has 2 rings (SSSR count). The quantitative estimate of drug-likeness (QED) is 0.769. The van der Waals surface area contributed by atoms with E-state index in [1.165, 1.54) is 11.8 Å². The number of anilines is 1. The Labute approximate surface area is 99.7 Å². The Morgan fingerprint density at radius 2 is 2.06 bits per heavy atom. The molecule has 0 fully saturated rings. The number of benzene rings is 1. The molecule has 2 N–H and O–H groups in total. The van der Waals surface area contributed by atoms with E-state index in [4.69, 9.17) is 0 Å². The standard InChI is InChI=1S/C13H15N3O/c17-13-12(15-9-10-16-13)14-8-4-7-11-5-2-1-3-6-11/h1-3,5-6,9-10H,4,7-8H2,(H,14,15)(H,16,17). The van der Waals surface area contributed by atoms with Crippen LogP contribution in [-0.4, -0.2) is 16.5 Å². The average Bonchev–Trinajstić information content (AvgIpc) is 2.38. The Bertz CT molecular complexity index is 507. The van der Waals surface area contributed by atoms with Crippen molar-refractivity contribution in [3.05, 3.63) is 58.6 Å². The smallest absolute Gasteiger partial charge is 0.290 e. The average molecular weight is 229 g/mol. The molecule has 0 atom stereocenters. The Hall–Kier alpha value is -2.10. The highest BCUT2D eigenvalue weighted by atomic mass is 16.1. The van der Waals surface area contributed by atoms with Gasteiger partial charge in [0.05, 0.1) is 0 Å². The molecule has 4 nitrogen and oxygen atoms in total. The molecule has 2 aromatic rings. The topological polar surface area (TPSA) is 57.8 Å². The van der Waals surface area contributed by atoms with Gasteiger partial charge in [0.1, 0.15) is 0 Å². The molecule has 1 aromatic carbocycles. The van der Waals surface area contributed by atoms with E-state index in [1.807, 2.05) is 18.2 Å². The van der Waals surface area contributed by atoms with Crippen molar-refractivity contribution in [2.75, 3.05) is 11.9 Å². The van der Waals surface area contributed by atoms with E-state index in [0.29, 0.717) is 5.82 Å². The van der Waals surface area contributed by atoms with Crippen LogP contribution < -0.4 is 10.9 Å². The van der Waals surface area contributed by atoms with Gasteiger partial charge in [-0.3, -0.25) is 4.79 Å². The number of rotatable bonds is 5. The molecule has 0 unspecified atom stereocenters. The lowest BCUT2D eigenvalue weighted by Gasteiger charge is -2.04. The third-order valence-corrected chi connectivity index (χ3v) is 2.49. The van der Waals surface area contributed by atoms with E-state index in [9.17, 15) is 4.79 Å². The Kier molecular flexibility index (Phi) is 3.91. The van der Waals surface area contributed by atoms with Gasteiger partial charge in [-0.1, -0.05) is 30.3 Å².